The van der Waals surface area contributed by atoms with E-state index in [1.165, 1.54) is 12.1 Å². The third-order valence-corrected chi connectivity index (χ3v) is 2.83. The predicted molar refractivity (Wildman–Crippen MR) is 67.9 cm³/mol. The molecule has 0 saturated heterocycles. The number of benzene rings is 1. The highest BCUT2D eigenvalue weighted by molar-refractivity contribution is 5.98. The SMILES string of the molecule is CC(NC(=O)c1cc(O)cc(O)c1)C(=O)NC1CC1. The van der Waals surface area contributed by atoms with Crippen LogP contribution in [0.1, 0.15) is 30.1 Å². The smallest absolute Gasteiger partial charge is 0.252 e. The molecule has 0 aromatic heterocycles. The van der Waals surface area contributed by atoms with Crippen molar-refractivity contribution in [1.29, 1.82) is 0 Å². The van der Waals surface area contributed by atoms with E-state index in [9.17, 15) is 19.8 Å². The Morgan fingerprint density at radius 1 is 1.21 bits per heavy atom. The number of phenolic OH excluding ortho intramolecular Hbond substituents is 2. The fraction of sp³-hybridized carbons (Fsp3) is 0.385. The van der Waals surface area contributed by atoms with Crippen molar-refractivity contribution in [1.82, 2.24) is 10.6 Å². The highest BCUT2D eigenvalue weighted by atomic mass is 16.3. The minimum Gasteiger partial charge on any atom is -0.508 e. The lowest BCUT2D eigenvalue weighted by Gasteiger charge is -2.14. The molecule has 1 atom stereocenters. The zero-order valence-corrected chi connectivity index (χ0v) is 10.5. The highest BCUT2D eigenvalue weighted by Gasteiger charge is 2.26. The molecule has 1 saturated carbocycles. The first-order chi connectivity index (χ1) is 8.95. The number of hydrogen-bond donors (Lipinski definition) is 4. The molecule has 1 aromatic rings. The maximum atomic E-state index is 11.9. The van der Waals surface area contributed by atoms with Gasteiger partial charge in [-0.05, 0) is 31.9 Å². The fourth-order valence-electron chi connectivity index (χ4n) is 1.63. The first kappa shape index (κ1) is 13.2. The molecule has 6 nitrogen and oxygen atoms in total. The van der Waals surface area contributed by atoms with Gasteiger partial charge in [0.25, 0.3) is 5.91 Å². The number of amides is 2. The van der Waals surface area contributed by atoms with E-state index in [1.807, 2.05) is 0 Å². The first-order valence-electron chi connectivity index (χ1n) is 6.10. The molecular formula is C13H16N2O4. The molecule has 1 fully saturated rings. The molecular weight excluding hydrogens is 248 g/mol. The summed E-state index contributed by atoms with van der Waals surface area (Å²) in [6.07, 6.45) is 1.96. The average molecular weight is 264 g/mol. The predicted octanol–water partition coefficient (Wildman–Crippen LogP) is 0.495. The van der Waals surface area contributed by atoms with Gasteiger partial charge in [0.2, 0.25) is 5.91 Å². The molecule has 4 N–H and O–H groups in total. The summed E-state index contributed by atoms with van der Waals surface area (Å²) in [4.78, 5) is 23.5. The third kappa shape index (κ3) is 3.61. The van der Waals surface area contributed by atoms with Crippen LogP contribution in [0.3, 0.4) is 0 Å². The Balaban J connectivity index is 1.97. The fourth-order valence-corrected chi connectivity index (χ4v) is 1.63. The summed E-state index contributed by atoms with van der Waals surface area (Å²) in [6, 6.07) is 3.13. The lowest BCUT2D eigenvalue weighted by atomic mass is 10.1. The van der Waals surface area contributed by atoms with Gasteiger partial charge < -0.3 is 20.8 Å². The van der Waals surface area contributed by atoms with Crippen molar-refractivity contribution in [3.63, 3.8) is 0 Å². The molecule has 1 unspecified atom stereocenters. The normalized spacial score (nSPS) is 15.6. The molecule has 2 amide bonds. The van der Waals surface area contributed by atoms with Gasteiger partial charge in [-0.3, -0.25) is 9.59 Å². The van der Waals surface area contributed by atoms with Crippen LogP contribution >= 0.6 is 0 Å². The van der Waals surface area contributed by atoms with E-state index in [2.05, 4.69) is 10.6 Å². The van der Waals surface area contributed by atoms with Crippen LogP contribution < -0.4 is 10.6 Å². The van der Waals surface area contributed by atoms with Gasteiger partial charge in [-0.1, -0.05) is 0 Å². The highest BCUT2D eigenvalue weighted by Crippen LogP contribution is 2.20. The summed E-state index contributed by atoms with van der Waals surface area (Å²) in [5, 5.41) is 23.9. The van der Waals surface area contributed by atoms with Crippen LogP contribution in [0, 0.1) is 0 Å². The molecule has 0 heterocycles. The van der Waals surface area contributed by atoms with E-state index < -0.39 is 11.9 Å². The summed E-state index contributed by atoms with van der Waals surface area (Å²) >= 11 is 0. The van der Waals surface area contributed by atoms with Crippen LogP contribution in [0.4, 0.5) is 0 Å². The molecule has 0 spiro atoms. The molecule has 6 heteroatoms. The number of nitrogens with one attached hydrogen (secondary N) is 2. The largest absolute Gasteiger partial charge is 0.508 e. The summed E-state index contributed by atoms with van der Waals surface area (Å²) in [7, 11) is 0. The number of hydrogen-bond acceptors (Lipinski definition) is 4. The van der Waals surface area contributed by atoms with Crippen LogP contribution in [0.25, 0.3) is 0 Å². The summed E-state index contributed by atoms with van der Waals surface area (Å²) in [5.41, 5.74) is 0.101. The monoisotopic (exact) mass is 264 g/mol. The Hall–Kier alpha value is -2.24. The van der Waals surface area contributed by atoms with Crippen LogP contribution in [0.2, 0.25) is 0 Å². The number of aromatic hydroxyl groups is 2. The summed E-state index contributed by atoms with van der Waals surface area (Å²) in [5.74, 6) is -1.18. The zero-order chi connectivity index (χ0) is 14.0. The molecule has 1 aromatic carbocycles. The Kier molecular flexibility index (Phi) is 3.59. The topological polar surface area (TPSA) is 98.7 Å². The summed E-state index contributed by atoms with van der Waals surface area (Å²) < 4.78 is 0. The maximum Gasteiger partial charge on any atom is 0.252 e. The molecule has 0 radical (unpaired) electrons. The molecule has 0 bridgehead atoms. The third-order valence-electron chi connectivity index (χ3n) is 2.83. The van der Waals surface area contributed by atoms with Crippen LogP contribution in [0.5, 0.6) is 11.5 Å². The van der Waals surface area contributed by atoms with Crippen molar-refractivity contribution < 1.29 is 19.8 Å². The number of rotatable bonds is 4. The van der Waals surface area contributed by atoms with Crippen molar-refractivity contribution in [3.05, 3.63) is 23.8 Å². The van der Waals surface area contributed by atoms with Crippen LogP contribution in [0.15, 0.2) is 18.2 Å². The van der Waals surface area contributed by atoms with Crippen LogP contribution in [-0.4, -0.2) is 34.1 Å². The Bertz CT molecular complexity index is 491. The van der Waals surface area contributed by atoms with Gasteiger partial charge in [0, 0.05) is 17.7 Å². The van der Waals surface area contributed by atoms with E-state index in [4.69, 9.17) is 0 Å². The lowest BCUT2D eigenvalue weighted by Crippen LogP contribution is -2.45. The van der Waals surface area contributed by atoms with Gasteiger partial charge in [0.05, 0.1) is 0 Å². The quantitative estimate of drug-likeness (QED) is 0.636. The molecule has 2 rings (SSSR count). The Morgan fingerprint density at radius 3 is 2.32 bits per heavy atom. The van der Waals surface area contributed by atoms with E-state index in [1.54, 1.807) is 6.92 Å². The lowest BCUT2D eigenvalue weighted by molar-refractivity contribution is -0.122. The Morgan fingerprint density at radius 2 is 1.79 bits per heavy atom. The van der Waals surface area contributed by atoms with Crippen LogP contribution in [-0.2, 0) is 4.79 Å². The molecule has 1 aliphatic rings. The molecule has 102 valence electrons. The van der Waals surface area contributed by atoms with Crippen molar-refractivity contribution in [2.45, 2.75) is 31.8 Å². The number of phenols is 2. The average Bonchev–Trinajstić information content (AvgIpc) is 3.11. The maximum absolute atomic E-state index is 11.9. The van der Waals surface area contributed by atoms with Gasteiger partial charge in [-0.2, -0.15) is 0 Å². The van der Waals surface area contributed by atoms with E-state index >= 15 is 0 Å². The van der Waals surface area contributed by atoms with Gasteiger partial charge in [-0.25, -0.2) is 0 Å². The van der Waals surface area contributed by atoms with Gasteiger partial charge in [0.1, 0.15) is 17.5 Å². The van der Waals surface area contributed by atoms with Gasteiger partial charge >= 0.3 is 0 Å². The van der Waals surface area contributed by atoms with Gasteiger partial charge in [-0.15, -0.1) is 0 Å². The second-order valence-corrected chi connectivity index (χ2v) is 4.72. The molecule has 1 aliphatic carbocycles. The van der Waals surface area contributed by atoms with Crippen molar-refractivity contribution in [3.8, 4) is 11.5 Å². The van der Waals surface area contributed by atoms with Crippen molar-refractivity contribution >= 4 is 11.8 Å². The van der Waals surface area contributed by atoms with E-state index in [0.717, 1.165) is 18.9 Å². The Labute approximate surface area is 110 Å². The van der Waals surface area contributed by atoms with Gasteiger partial charge in [0.15, 0.2) is 0 Å². The molecule has 19 heavy (non-hydrogen) atoms. The first-order valence-corrected chi connectivity index (χ1v) is 6.10. The van der Waals surface area contributed by atoms with Crippen molar-refractivity contribution in [2.75, 3.05) is 0 Å². The standard InChI is InChI=1S/C13H16N2O4/c1-7(12(18)15-9-2-3-9)14-13(19)8-4-10(16)6-11(17)5-8/h4-7,9,16-17H,2-3H2,1H3,(H,14,19)(H,15,18). The second-order valence-electron chi connectivity index (χ2n) is 4.72. The second kappa shape index (κ2) is 5.17. The van der Waals surface area contributed by atoms with Crippen molar-refractivity contribution in [2.24, 2.45) is 0 Å². The molecule has 0 aliphatic heterocycles. The minimum atomic E-state index is -0.669. The van der Waals surface area contributed by atoms with E-state index in [-0.39, 0.29) is 29.0 Å². The minimum absolute atomic E-state index is 0.101. The number of carbonyl (C=O) groups excluding carboxylic acids is 2. The number of carbonyl (C=O) groups is 2. The zero-order valence-electron chi connectivity index (χ0n) is 10.5. The van der Waals surface area contributed by atoms with E-state index in [0.29, 0.717) is 0 Å². The summed E-state index contributed by atoms with van der Waals surface area (Å²) in [6.45, 7) is 1.58.